The van der Waals surface area contributed by atoms with Gasteiger partial charge in [0, 0.05) is 39.0 Å². The smallest absolute Gasteiger partial charge is 0.0531 e. The summed E-state index contributed by atoms with van der Waals surface area (Å²) in [4.78, 5) is 0. The fraction of sp³-hybridized carbons (Fsp3) is 0.0968. The highest BCUT2D eigenvalue weighted by Gasteiger charge is 2.32. The van der Waals surface area contributed by atoms with Gasteiger partial charge in [-0.25, -0.2) is 0 Å². The third-order valence-electron chi connectivity index (χ3n) is 6.73. The van der Waals surface area contributed by atoms with Gasteiger partial charge < -0.3 is 9.13 Å². The van der Waals surface area contributed by atoms with Crippen LogP contribution in [-0.4, -0.2) is 9.13 Å². The molecule has 0 radical (unpaired) electrons. The number of para-hydroxylation sites is 4. The molecule has 0 aliphatic rings. The normalized spacial score (nSPS) is 11.9. The molecule has 0 fully saturated rings. The fourth-order valence-corrected chi connectivity index (χ4v) is 5.07. The first kappa shape index (κ1) is 19.6. The first-order chi connectivity index (χ1) is 16.1. The first-order valence-corrected chi connectivity index (χ1v) is 11.5. The topological polar surface area (TPSA) is 9.86 Å². The van der Waals surface area contributed by atoms with Crippen molar-refractivity contribution in [1.29, 1.82) is 0 Å². The highest BCUT2D eigenvalue weighted by Crippen LogP contribution is 2.40. The average molecular weight is 427 g/mol. The minimum Gasteiger partial charge on any atom is -0.313 e. The third-order valence-corrected chi connectivity index (χ3v) is 6.73. The van der Waals surface area contributed by atoms with E-state index in [-0.39, 0.29) is 5.41 Å². The summed E-state index contributed by atoms with van der Waals surface area (Å²) in [5.74, 6) is 0. The number of hydrogen-bond acceptors (Lipinski definition) is 0. The molecule has 0 unspecified atom stereocenters. The molecule has 0 saturated heterocycles. The summed E-state index contributed by atoms with van der Waals surface area (Å²) in [5, 5.41) is 2.51. The number of benzene rings is 4. The van der Waals surface area contributed by atoms with Gasteiger partial charge in [-0.05, 0) is 62.4 Å². The molecule has 160 valence electrons. The van der Waals surface area contributed by atoms with Crippen LogP contribution in [0.5, 0.6) is 0 Å². The lowest BCUT2D eigenvalue weighted by Gasteiger charge is -2.29. The van der Waals surface area contributed by atoms with Gasteiger partial charge in [-0.15, -0.1) is 0 Å². The van der Waals surface area contributed by atoms with Crippen molar-refractivity contribution in [2.24, 2.45) is 0 Å². The van der Waals surface area contributed by atoms with E-state index in [1.807, 2.05) is 0 Å². The van der Waals surface area contributed by atoms with E-state index in [9.17, 15) is 0 Å². The van der Waals surface area contributed by atoms with Crippen LogP contribution in [0.2, 0.25) is 0 Å². The van der Waals surface area contributed by atoms with E-state index >= 15 is 0 Å². The van der Waals surface area contributed by atoms with Crippen LogP contribution in [0.3, 0.4) is 0 Å². The molecule has 0 bridgehead atoms. The largest absolute Gasteiger partial charge is 0.313 e. The maximum absolute atomic E-state index is 2.42. The second-order valence-corrected chi connectivity index (χ2v) is 9.14. The summed E-state index contributed by atoms with van der Waals surface area (Å²) in [7, 11) is 0. The van der Waals surface area contributed by atoms with Crippen molar-refractivity contribution in [2.45, 2.75) is 19.3 Å². The highest BCUT2D eigenvalue weighted by molar-refractivity contribution is 5.86. The number of rotatable bonds is 4. The molecule has 0 aliphatic carbocycles. The number of aromatic nitrogens is 2. The van der Waals surface area contributed by atoms with Crippen LogP contribution >= 0.6 is 0 Å². The van der Waals surface area contributed by atoms with E-state index in [0.29, 0.717) is 0 Å². The summed E-state index contributed by atoms with van der Waals surface area (Å²) < 4.78 is 4.84. The molecule has 0 aliphatic heterocycles. The Morgan fingerprint density at radius 3 is 1.24 bits per heavy atom. The van der Waals surface area contributed by atoms with Gasteiger partial charge in [0.2, 0.25) is 0 Å². The molecule has 0 saturated carbocycles. The Morgan fingerprint density at radius 1 is 0.455 bits per heavy atom. The lowest BCUT2D eigenvalue weighted by molar-refractivity contribution is 0.576. The van der Waals surface area contributed by atoms with Crippen LogP contribution in [-0.2, 0) is 5.41 Å². The molecule has 6 rings (SSSR count). The van der Waals surface area contributed by atoms with Crippen LogP contribution in [0.25, 0.3) is 33.2 Å². The van der Waals surface area contributed by atoms with E-state index in [1.165, 1.54) is 44.6 Å². The molecule has 0 N–H and O–H groups in total. The molecule has 0 amide bonds. The van der Waals surface area contributed by atoms with Crippen LogP contribution in [0, 0.1) is 0 Å². The summed E-state index contributed by atoms with van der Waals surface area (Å²) in [5.41, 5.74) is 7.12. The number of fused-ring (bicyclic) bond motifs is 2. The quantitative estimate of drug-likeness (QED) is 0.271. The van der Waals surface area contributed by atoms with Gasteiger partial charge in [-0.2, -0.15) is 0 Å². The molecular weight excluding hydrogens is 400 g/mol. The van der Waals surface area contributed by atoms with Gasteiger partial charge in [0.05, 0.1) is 11.0 Å². The predicted octanol–water partition coefficient (Wildman–Crippen LogP) is 7.90. The standard InChI is InChI=1S/C31H26N2/c1-31(2,29-21-23-13-9-11-19-27(23)32(29)25-15-5-3-6-16-25)30-22-24-14-10-12-20-28(24)33(30)26-17-7-4-8-18-26/h3-22H,1-2H3. The Balaban J connectivity index is 1.67. The van der Waals surface area contributed by atoms with E-state index in [2.05, 4.69) is 144 Å². The van der Waals surface area contributed by atoms with Gasteiger partial charge in [0.1, 0.15) is 0 Å². The molecule has 2 nitrogen and oxygen atoms in total. The van der Waals surface area contributed by atoms with E-state index in [1.54, 1.807) is 0 Å². The number of hydrogen-bond donors (Lipinski definition) is 0. The first-order valence-electron chi connectivity index (χ1n) is 11.5. The van der Waals surface area contributed by atoms with E-state index in [0.717, 1.165) is 0 Å². The zero-order chi connectivity index (χ0) is 22.4. The lowest BCUT2D eigenvalue weighted by atomic mass is 9.84. The van der Waals surface area contributed by atoms with Gasteiger partial charge in [0.15, 0.2) is 0 Å². The third kappa shape index (κ3) is 3.10. The van der Waals surface area contributed by atoms with Crippen LogP contribution in [0.15, 0.2) is 121 Å². The molecular formula is C31H26N2. The van der Waals surface area contributed by atoms with Crippen molar-refractivity contribution < 1.29 is 0 Å². The van der Waals surface area contributed by atoms with Crippen molar-refractivity contribution in [3.05, 3.63) is 133 Å². The minimum absolute atomic E-state index is 0.260. The van der Waals surface area contributed by atoms with Crippen molar-refractivity contribution in [3.63, 3.8) is 0 Å². The van der Waals surface area contributed by atoms with E-state index < -0.39 is 0 Å². The zero-order valence-electron chi connectivity index (χ0n) is 18.9. The summed E-state index contributed by atoms with van der Waals surface area (Å²) in [6.45, 7) is 4.68. The molecule has 2 aromatic heterocycles. The van der Waals surface area contributed by atoms with E-state index in [4.69, 9.17) is 0 Å². The molecule has 6 aromatic rings. The Bertz CT molecular complexity index is 1450. The highest BCUT2D eigenvalue weighted by atomic mass is 15.0. The van der Waals surface area contributed by atoms with Crippen molar-refractivity contribution in [2.75, 3.05) is 0 Å². The molecule has 2 heteroatoms. The van der Waals surface area contributed by atoms with Crippen LogP contribution in [0.4, 0.5) is 0 Å². The van der Waals surface area contributed by atoms with Crippen molar-refractivity contribution >= 4 is 21.8 Å². The number of nitrogens with zero attached hydrogens (tertiary/aromatic N) is 2. The molecule has 33 heavy (non-hydrogen) atoms. The predicted molar refractivity (Wildman–Crippen MR) is 139 cm³/mol. The Kier molecular flexibility index (Phi) is 4.48. The molecule has 2 heterocycles. The van der Waals surface area contributed by atoms with Gasteiger partial charge in [-0.1, -0.05) is 72.8 Å². The monoisotopic (exact) mass is 426 g/mol. The Hall–Kier alpha value is -4.04. The zero-order valence-corrected chi connectivity index (χ0v) is 18.9. The molecule has 0 atom stereocenters. The lowest BCUT2D eigenvalue weighted by Crippen LogP contribution is -2.25. The molecule has 4 aromatic carbocycles. The summed E-state index contributed by atoms with van der Waals surface area (Å²) >= 11 is 0. The Labute approximate surface area is 194 Å². The van der Waals surface area contributed by atoms with Crippen LogP contribution in [0.1, 0.15) is 25.2 Å². The fourth-order valence-electron chi connectivity index (χ4n) is 5.07. The Morgan fingerprint density at radius 2 is 0.818 bits per heavy atom. The van der Waals surface area contributed by atoms with Gasteiger partial charge >= 0.3 is 0 Å². The van der Waals surface area contributed by atoms with Crippen LogP contribution < -0.4 is 0 Å². The van der Waals surface area contributed by atoms with Gasteiger partial charge in [-0.3, -0.25) is 0 Å². The van der Waals surface area contributed by atoms with Crippen molar-refractivity contribution in [1.82, 2.24) is 9.13 Å². The maximum atomic E-state index is 2.42. The second kappa shape index (κ2) is 7.53. The maximum Gasteiger partial charge on any atom is 0.0531 e. The summed E-state index contributed by atoms with van der Waals surface area (Å²) in [6, 6.07) is 43.4. The summed E-state index contributed by atoms with van der Waals surface area (Å²) in [6.07, 6.45) is 0. The SMILES string of the molecule is CC(C)(c1cc2ccccc2n1-c1ccccc1)c1cc2ccccc2n1-c1ccccc1. The average Bonchev–Trinajstić information content (AvgIpc) is 3.45. The second-order valence-electron chi connectivity index (χ2n) is 9.14. The van der Waals surface area contributed by atoms with Gasteiger partial charge in [0.25, 0.3) is 0 Å². The van der Waals surface area contributed by atoms with Crippen molar-refractivity contribution in [3.8, 4) is 11.4 Å². The molecule has 0 spiro atoms. The minimum atomic E-state index is -0.260.